The smallest absolute Gasteiger partial charge is 0.246 e. The van der Waals surface area contributed by atoms with Crippen molar-refractivity contribution in [2.45, 2.75) is 56.2 Å². The van der Waals surface area contributed by atoms with E-state index in [1.807, 2.05) is 11.8 Å². The van der Waals surface area contributed by atoms with Gasteiger partial charge >= 0.3 is 0 Å². The van der Waals surface area contributed by atoms with Crippen LogP contribution in [0.15, 0.2) is 4.52 Å². The second kappa shape index (κ2) is 5.21. The van der Waals surface area contributed by atoms with Gasteiger partial charge in [0.25, 0.3) is 0 Å². The number of nitrogens with zero attached hydrogens (tertiary/aromatic N) is 2. The summed E-state index contributed by atoms with van der Waals surface area (Å²) in [5.41, 5.74) is -0.0510. The largest absolute Gasteiger partial charge is 0.337 e. The van der Waals surface area contributed by atoms with Gasteiger partial charge in [0.1, 0.15) is 0 Å². The summed E-state index contributed by atoms with van der Waals surface area (Å²) in [6, 6.07) is 0. The van der Waals surface area contributed by atoms with Gasteiger partial charge in [0.2, 0.25) is 5.89 Å². The quantitative estimate of drug-likeness (QED) is 0.912. The summed E-state index contributed by atoms with van der Waals surface area (Å²) in [7, 11) is 0. The van der Waals surface area contributed by atoms with Gasteiger partial charge in [-0.05, 0) is 44.4 Å². The molecule has 0 bridgehead atoms. The highest BCUT2D eigenvalue weighted by Gasteiger charge is 2.39. The molecular formula is C13H21N3OS. The van der Waals surface area contributed by atoms with E-state index in [0.717, 1.165) is 31.1 Å². The first-order chi connectivity index (χ1) is 8.84. The maximum absolute atomic E-state index is 5.56. The van der Waals surface area contributed by atoms with Crippen LogP contribution >= 0.6 is 11.8 Å². The van der Waals surface area contributed by atoms with Crippen molar-refractivity contribution in [3.8, 4) is 0 Å². The van der Waals surface area contributed by atoms with Gasteiger partial charge in [-0.1, -0.05) is 18.5 Å². The molecule has 4 nitrogen and oxygen atoms in total. The summed E-state index contributed by atoms with van der Waals surface area (Å²) in [6.07, 6.45) is 7.14. The maximum Gasteiger partial charge on any atom is 0.246 e. The predicted octanol–water partition coefficient (Wildman–Crippen LogP) is 3.02. The van der Waals surface area contributed by atoms with E-state index in [0.29, 0.717) is 5.25 Å². The van der Waals surface area contributed by atoms with Crippen LogP contribution in [-0.4, -0.2) is 22.4 Å². The highest BCUT2D eigenvalue weighted by molar-refractivity contribution is 7.99. The van der Waals surface area contributed by atoms with Crippen LogP contribution in [0.25, 0.3) is 0 Å². The van der Waals surface area contributed by atoms with Gasteiger partial charge in [-0.3, -0.25) is 0 Å². The van der Waals surface area contributed by atoms with E-state index in [2.05, 4.69) is 17.4 Å². The SMILES string of the molecule is CCC1(c2nc(C3CCCCS3)no2)CCCN1. The Morgan fingerprint density at radius 2 is 2.39 bits per heavy atom. The maximum atomic E-state index is 5.56. The first kappa shape index (κ1) is 12.5. The second-order valence-electron chi connectivity index (χ2n) is 5.28. The topological polar surface area (TPSA) is 51.0 Å². The fourth-order valence-electron chi connectivity index (χ4n) is 2.95. The van der Waals surface area contributed by atoms with Crippen LogP contribution in [0.4, 0.5) is 0 Å². The van der Waals surface area contributed by atoms with Crippen LogP contribution in [0.1, 0.15) is 62.4 Å². The summed E-state index contributed by atoms with van der Waals surface area (Å²) in [6.45, 7) is 3.25. The number of rotatable bonds is 3. The van der Waals surface area contributed by atoms with E-state index in [-0.39, 0.29) is 5.54 Å². The van der Waals surface area contributed by atoms with Gasteiger partial charge in [0, 0.05) is 0 Å². The first-order valence-corrected chi connectivity index (χ1v) is 8.10. The van der Waals surface area contributed by atoms with E-state index in [9.17, 15) is 0 Å². The standard InChI is InChI=1S/C13H21N3OS/c1-2-13(7-5-8-14-13)12-15-11(16-17-12)10-6-3-4-9-18-10/h10,14H,2-9H2,1H3. The van der Waals surface area contributed by atoms with Crippen LogP contribution in [-0.2, 0) is 5.54 Å². The van der Waals surface area contributed by atoms with E-state index in [1.54, 1.807) is 0 Å². The Labute approximate surface area is 112 Å². The molecule has 0 spiro atoms. The van der Waals surface area contributed by atoms with Gasteiger partial charge in [0.15, 0.2) is 5.82 Å². The molecule has 0 aliphatic carbocycles. The Morgan fingerprint density at radius 1 is 1.44 bits per heavy atom. The molecule has 2 aliphatic rings. The fraction of sp³-hybridized carbons (Fsp3) is 0.846. The molecule has 2 aliphatic heterocycles. The summed E-state index contributed by atoms with van der Waals surface area (Å²) in [5, 5.41) is 8.23. The minimum absolute atomic E-state index is 0.0510. The van der Waals surface area contributed by atoms with Crippen LogP contribution in [0, 0.1) is 0 Å². The third-order valence-electron chi connectivity index (χ3n) is 4.17. The van der Waals surface area contributed by atoms with E-state index in [1.165, 1.54) is 31.4 Å². The minimum Gasteiger partial charge on any atom is -0.337 e. The van der Waals surface area contributed by atoms with Crippen molar-refractivity contribution in [2.75, 3.05) is 12.3 Å². The fourth-order valence-corrected chi connectivity index (χ4v) is 4.18. The van der Waals surface area contributed by atoms with Crippen molar-refractivity contribution >= 4 is 11.8 Å². The summed E-state index contributed by atoms with van der Waals surface area (Å²) in [5.74, 6) is 2.95. The van der Waals surface area contributed by atoms with E-state index in [4.69, 9.17) is 9.51 Å². The number of hydrogen-bond donors (Lipinski definition) is 1. The lowest BCUT2D eigenvalue weighted by Gasteiger charge is -2.23. The van der Waals surface area contributed by atoms with Gasteiger partial charge in [-0.2, -0.15) is 16.7 Å². The highest BCUT2D eigenvalue weighted by Crippen LogP contribution is 2.39. The first-order valence-electron chi connectivity index (χ1n) is 7.05. The van der Waals surface area contributed by atoms with Crippen LogP contribution in [0.2, 0.25) is 0 Å². The van der Waals surface area contributed by atoms with E-state index >= 15 is 0 Å². The third kappa shape index (κ3) is 2.18. The molecule has 5 heteroatoms. The Morgan fingerprint density at radius 3 is 3.06 bits per heavy atom. The molecule has 0 aromatic carbocycles. The number of thioether (sulfide) groups is 1. The zero-order valence-electron chi connectivity index (χ0n) is 10.9. The highest BCUT2D eigenvalue weighted by atomic mass is 32.2. The summed E-state index contributed by atoms with van der Waals surface area (Å²) in [4.78, 5) is 4.70. The van der Waals surface area contributed by atoms with E-state index < -0.39 is 0 Å². The normalized spacial score (nSPS) is 32.8. The molecule has 3 heterocycles. The molecule has 1 aromatic rings. The monoisotopic (exact) mass is 267 g/mol. The van der Waals surface area contributed by atoms with Crippen molar-refractivity contribution in [2.24, 2.45) is 0 Å². The second-order valence-corrected chi connectivity index (χ2v) is 6.59. The van der Waals surface area contributed by atoms with Crippen molar-refractivity contribution < 1.29 is 4.52 Å². The molecule has 0 amide bonds. The predicted molar refractivity (Wildman–Crippen MR) is 72.6 cm³/mol. The Hall–Kier alpha value is -0.550. The molecule has 2 atom stereocenters. The zero-order valence-corrected chi connectivity index (χ0v) is 11.8. The number of aromatic nitrogens is 2. The molecule has 3 rings (SSSR count). The molecule has 2 unspecified atom stereocenters. The minimum atomic E-state index is -0.0510. The third-order valence-corrected chi connectivity index (χ3v) is 5.54. The molecule has 18 heavy (non-hydrogen) atoms. The Balaban J connectivity index is 1.79. The van der Waals surface area contributed by atoms with Crippen molar-refractivity contribution in [3.63, 3.8) is 0 Å². The van der Waals surface area contributed by atoms with Crippen molar-refractivity contribution in [1.29, 1.82) is 0 Å². The summed E-state index contributed by atoms with van der Waals surface area (Å²) >= 11 is 1.97. The average molecular weight is 267 g/mol. The molecule has 0 radical (unpaired) electrons. The van der Waals surface area contributed by atoms with Crippen LogP contribution in [0.3, 0.4) is 0 Å². The lowest BCUT2D eigenvalue weighted by Crippen LogP contribution is -2.36. The average Bonchev–Trinajstić information content (AvgIpc) is 3.09. The molecule has 2 fully saturated rings. The number of hydrogen-bond acceptors (Lipinski definition) is 5. The Bertz CT molecular complexity index is 395. The molecule has 1 N–H and O–H groups in total. The van der Waals surface area contributed by atoms with Gasteiger partial charge in [-0.15, -0.1) is 0 Å². The molecular weight excluding hydrogens is 246 g/mol. The Kier molecular flexibility index (Phi) is 3.61. The lowest BCUT2D eigenvalue weighted by atomic mass is 9.94. The van der Waals surface area contributed by atoms with Crippen LogP contribution in [0.5, 0.6) is 0 Å². The van der Waals surface area contributed by atoms with Gasteiger partial charge < -0.3 is 9.84 Å². The van der Waals surface area contributed by atoms with Gasteiger partial charge in [0.05, 0.1) is 10.8 Å². The van der Waals surface area contributed by atoms with Crippen molar-refractivity contribution in [1.82, 2.24) is 15.5 Å². The summed E-state index contributed by atoms with van der Waals surface area (Å²) < 4.78 is 5.56. The molecule has 100 valence electrons. The van der Waals surface area contributed by atoms with Crippen LogP contribution < -0.4 is 5.32 Å². The van der Waals surface area contributed by atoms with Crippen molar-refractivity contribution in [3.05, 3.63) is 11.7 Å². The zero-order chi connectivity index (χ0) is 12.4. The molecule has 1 aromatic heterocycles. The lowest BCUT2D eigenvalue weighted by molar-refractivity contribution is 0.249. The number of nitrogens with one attached hydrogen (secondary N) is 1. The van der Waals surface area contributed by atoms with Gasteiger partial charge in [-0.25, -0.2) is 0 Å². The molecule has 0 saturated carbocycles. The molecule has 2 saturated heterocycles.